The number of ether oxygens (including phenoxy) is 1. The number of carbonyl (C=O) groups is 2. The molecule has 2 aliphatic heterocycles. The summed E-state index contributed by atoms with van der Waals surface area (Å²) in [5.41, 5.74) is -1.01. The molecule has 1 saturated heterocycles. The van der Waals surface area contributed by atoms with E-state index in [0.29, 0.717) is 39.3 Å². The second kappa shape index (κ2) is 7.72. The molecule has 0 aromatic carbocycles. The zero-order valence-electron chi connectivity index (χ0n) is 16.9. The van der Waals surface area contributed by atoms with Crippen LogP contribution in [0.4, 0.5) is 4.79 Å². The van der Waals surface area contributed by atoms with Crippen LogP contribution in [0.2, 0.25) is 0 Å². The number of aliphatic imine (C=N–C) groups is 1. The first kappa shape index (κ1) is 20.3. The zero-order chi connectivity index (χ0) is 19.5. The lowest BCUT2D eigenvalue weighted by atomic mass is 9.92. The highest BCUT2D eigenvalue weighted by molar-refractivity contribution is 5.85. The number of amides is 2. The van der Waals surface area contributed by atoms with Crippen molar-refractivity contribution in [1.29, 1.82) is 0 Å². The van der Waals surface area contributed by atoms with Crippen LogP contribution >= 0.6 is 0 Å². The van der Waals surface area contributed by atoms with Crippen LogP contribution in [0.15, 0.2) is 4.99 Å². The summed E-state index contributed by atoms with van der Waals surface area (Å²) in [5.74, 6) is 0.841. The smallest absolute Gasteiger partial charge is 0.410 e. The van der Waals surface area contributed by atoms with Crippen molar-refractivity contribution in [3.05, 3.63) is 0 Å². The highest BCUT2D eigenvalue weighted by Crippen LogP contribution is 2.20. The van der Waals surface area contributed by atoms with Crippen molar-refractivity contribution < 1.29 is 14.3 Å². The van der Waals surface area contributed by atoms with Crippen molar-refractivity contribution in [3.63, 3.8) is 0 Å². The molecule has 1 unspecified atom stereocenters. The summed E-state index contributed by atoms with van der Waals surface area (Å²) in [6, 6.07) is 0.159. The number of hydrogen-bond donors (Lipinski definition) is 2. The Morgan fingerprint density at radius 2 is 1.92 bits per heavy atom. The third-order valence-electron chi connectivity index (χ3n) is 4.50. The molecule has 2 aliphatic rings. The van der Waals surface area contributed by atoms with Crippen LogP contribution in [-0.2, 0) is 9.53 Å². The minimum atomic E-state index is -0.519. The number of hydrogen-bond acceptors (Lipinski definition) is 6. The van der Waals surface area contributed by atoms with Crippen molar-refractivity contribution in [2.45, 2.75) is 53.2 Å². The van der Waals surface area contributed by atoms with Gasteiger partial charge in [0.25, 0.3) is 0 Å². The van der Waals surface area contributed by atoms with Gasteiger partial charge in [0.15, 0.2) is 5.96 Å². The molecule has 1 fully saturated rings. The quantitative estimate of drug-likeness (QED) is 0.775. The number of nitrogens with zero attached hydrogens (tertiary/aromatic N) is 3. The van der Waals surface area contributed by atoms with E-state index in [4.69, 9.17) is 4.74 Å². The van der Waals surface area contributed by atoms with Crippen LogP contribution in [0.1, 0.15) is 41.5 Å². The van der Waals surface area contributed by atoms with Crippen LogP contribution in [0.25, 0.3) is 0 Å². The number of nitrogens with one attached hydrogen (secondary N) is 2. The van der Waals surface area contributed by atoms with Gasteiger partial charge < -0.3 is 25.2 Å². The highest BCUT2D eigenvalue weighted by Gasteiger charge is 2.37. The summed E-state index contributed by atoms with van der Waals surface area (Å²) in [7, 11) is 0. The summed E-state index contributed by atoms with van der Waals surface area (Å²) in [4.78, 5) is 32.9. The van der Waals surface area contributed by atoms with Crippen molar-refractivity contribution in [2.75, 3.05) is 39.3 Å². The second-order valence-corrected chi connectivity index (χ2v) is 8.53. The van der Waals surface area contributed by atoms with E-state index in [-0.39, 0.29) is 18.0 Å². The number of guanidine groups is 1. The van der Waals surface area contributed by atoms with Gasteiger partial charge in [-0.15, -0.1) is 0 Å². The maximum Gasteiger partial charge on any atom is 0.410 e. The molecule has 0 aromatic rings. The highest BCUT2D eigenvalue weighted by atomic mass is 16.6. The minimum Gasteiger partial charge on any atom is -0.444 e. The molecule has 2 N–H and O–H groups in total. The molecule has 8 heteroatoms. The van der Waals surface area contributed by atoms with Gasteiger partial charge in [-0.1, -0.05) is 0 Å². The largest absolute Gasteiger partial charge is 0.444 e. The van der Waals surface area contributed by atoms with E-state index in [1.54, 1.807) is 4.90 Å². The zero-order valence-corrected chi connectivity index (χ0v) is 16.9. The molecule has 26 heavy (non-hydrogen) atoms. The summed E-state index contributed by atoms with van der Waals surface area (Å²) in [5, 5.41) is 6.19. The van der Waals surface area contributed by atoms with E-state index in [1.165, 1.54) is 0 Å². The van der Waals surface area contributed by atoms with Gasteiger partial charge in [-0.3, -0.25) is 9.79 Å². The Labute approximate surface area is 156 Å². The fourth-order valence-corrected chi connectivity index (χ4v) is 3.00. The van der Waals surface area contributed by atoms with Crippen LogP contribution in [0, 0.1) is 5.41 Å². The molecular formula is C18H33N5O3. The van der Waals surface area contributed by atoms with Gasteiger partial charge in [0.1, 0.15) is 5.60 Å². The molecule has 2 heterocycles. The lowest BCUT2D eigenvalue weighted by molar-refractivity contribution is -0.128. The topological polar surface area (TPSA) is 86.3 Å². The van der Waals surface area contributed by atoms with Crippen LogP contribution in [0.3, 0.4) is 0 Å². The second-order valence-electron chi connectivity index (χ2n) is 8.53. The molecule has 0 spiro atoms. The lowest BCUT2D eigenvalue weighted by Gasteiger charge is -2.39. The summed E-state index contributed by atoms with van der Waals surface area (Å²) in [6.45, 7) is 15.0. The molecule has 148 valence electrons. The summed E-state index contributed by atoms with van der Waals surface area (Å²) in [6.07, 6.45) is -0.268. The van der Waals surface area contributed by atoms with Gasteiger partial charge in [-0.25, -0.2) is 4.79 Å². The molecule has 0 aliphatic carbocycles. The van der Waals surface area contributed by atoms with Gasteiger partial charge in [-0.05, 0) is 41.5 Å². The van der Waals surface area contributed by atoms with Crippen LogP contribution in [0.5, 0.6) is 0 Å². The number of fused-ring (bicyclic) bond motifs is 1. The molecule has 2 amide bonds. The van der Waals surface area contributed by atoms with E-state index in [0.717, 1.165) is 5.96 Å². The number of carbonyl (C=O) groups excluding carboxylic acids is 2. The minimum absolute atomic E-state index is 0.0254. The van der Waals surface area contributed by atoms with E-state index in [9.17, 15) is 9.59 Å². The molecule has 2 rings (SSSR count). The van der Waals surface area contributed by atoms with Gasteiger partial charge in [-0.2, -0.15) is 0 Å². The third kappa shape index (κ3) is 5.02. The maximum atomic E-state index is 12.3. The predicted molar refractivity (Wildman–Crippen MR) is 101 cm³/mol. The maximum absolute atomic E-state index is 12.3. The summed E-state index contributed by atoms with van der Waals surface area (Å²) >= 11 is 0. The van der Waals surface area contributed by atoms with E-state index < -0.39 is 11.0 Å². The average molecular weight is 367 g/mol. The first-order valence-electron chi connectivity index (χ1n) is 9.34. The fraction of sp³-hybridized carbons (Fsp3) is 0.833. The van der Waals surface area contributed by atoms with Gasteiger partial charge in [0, 0.05) is 32.7 Å². The Hall–Kier alpha value is -1.99. The Morgan fingerprint density at radius 3 is 2.54 bits per heavy atom. The van der Waals surface area contributed by atoms with Crippen molar-refractivity contribution in [2.24, 2.45) is 10.4 Å². The average Bonchev–Trinajstić information content (AvgIpc) is 2.94. The normalized spacial score (nSPS) is 20.4. The first-order valence-corrected chi connectivity index (χ1v) is 9.34. The van der Waals surface area contributed by atoms with Crippen molar-refractivity contribution in [1.82, 2.24) is 20.4 Å². The van der Waals surface area contributed by atoms with E-state index in [2.05, 4.69) is 20.5 Å². The third-order valence-corrected chi connectivity index (χ3v) is 4.50. The van der Waals surface area contributed by atoms with Crippen LogP contribution < -0.4 is 10.6 Å². The van der Waals surface area contributed by atoms with Gasteiger partial charge in [0.2, 0.25) is 5.91 Å². The number of piperazine rings is 1. The monoisotopic (exact) mass is 367 g/mol. The van der Waals surface area contributed by atoms with E-state index in [1.807, 2.05) is 41.5 Å². The molecule has 0 bridgehead atoms. The standard InChI is InChI=1S/C18H33N5O3/c1-7-19-14(24)18(5,6)12-21-15-20-10-13-11-22(8-9-23(13)15)16(25)26-17(2,3)4/h13H,7-12H2,1-6H3,(H,19,24)(H,20,21). The molecule has 0 radical (unpaired) electrons. The lowest BCUT2D eigenvalue weighted by Crippen LogP contribution is -2.58. The molecular weight excluding hydrogens is 334 g/mol. The summed E-state index contributed by atoms with van der Waals surface area (Å²) < 4.78 is 5.47. The fourth-order valence-electron chi connectivity index (χ4n) is 3.00. The van der Waals surface area contributed by atoms with Crippen molar-refractivity contribution >= 4 is 18.0 Å². The Morgan fingerprint density at radius 1 is 1.23 bits per heavy atom. The van der Waals surface area contributed by atoms with Gasteiger partial charge in [0.05, 0.1) is 18.0 Å². The first-order chi connectivity index (χ1) is 12.0. The van der Waals surface area contributed by atoms with Crippen molar-refractivity contribution in [3.8, 4) is 0 Å². The molecule has 0 saturated carbocycles. The molecule has 8 nitrogen and oxygen atoms in total. The molecule has 1 atom stereocenters. The van der Waals surface area contributed by atoms with Gasteiger partial charge >= 0.3 is 6.09 Å². The number of rotatable bonds is 4. The van der Waals surface area contributed by atoms with E-state index >= 15 is 0 Å². The predicted octanol–water partition coefficient (Wildman–Crippen LogP) is 1.03. The Bertz CT molecular complexity index is 568. The Kier molecular flexibility index (Phi) is 6.03. The molecule has 0 aromatic heterocycles. The van der Waals surface area contributed by atoms with Crippen LogP contribution in [-0.4, -0.2) is 78.7 Å². The SMILES string of the molecule is CCNC(=O)C(C)(C)CNC1=NCC2CN(C(=O)OC(C)(C)C)CCN12. The Balaban J connectivity index is 1.87.